The molecule has 0 aliphatic heterocycles. The molecule has 5 nitrogen and oxygen atoms in total. The molecule has 0 bridgehead atoms. The van der Waals surface area contributed by atoms with Crippen LogP contribution in [-0.4, -0.2) is 26.7 Å². The van der Waals surface area contributed by atoms with Gasteiger partial charge in [-0.2, -0.15) is 0 Å². The fourth-order valence-corrected chi connectivity index (χ4v) is 2.84. The van der Waals surface area contributed by atoms with E-state index in [1.54, 1.807) is 26.2 Å². The molecule has 0 saturated heterocycles. The van der Waals surface area contributed by atoms with E-state index in [1.807, 2.05) is 0 Å². The number of aryl methyl sites for hydroxylation is 1. The van der Waals surface area contributed by atoms with E-state index in [0.29, 0.717) is 11.3 Å². The fourth-order valence-electron chi connectivity index (χ4n) is 1.07. The van der Waals surface area contributed by atoms with Crippen LogP contribution in [0, 0.1) is 6.92 Å². The minimum Gasteiger partial charge on any atom is -0.465 e. The SMILES string of the molecule is COC(=O)c1scc(C)c1NS(=O)(=O)C(C)C. The summed E-state index contributed by atoms with van der Waals surface area (Å²) in [6.07, 6.45) is 0. The number of hydrogen-bond acceptors (Lipinski definition) is 5. The monoisotopic (exact) mass is 277 g/mol. The Morgan fingerprint density at radius 3 is 2.53 bits per heavy atom. The van der Waals surface area contributed by atoms with Crippen molar-refractivity contribution in [1.29, 1.82) is 0 Å². The van der Waals surface area contributed by atoms with Gasteiger partial charge in [-0.3, -0.25) is 4.72 Å². The maximum atomic E-state index is 11.8. The summed E-state index contributed by atoms with van der Waals surface area (Å²) in [5.41, 5.74) is 1.02. The summed E-state index contributed by atoms with van der Waals surface area (Å²) in [7, 11) is -2.20. The third-order valence-corrected chi connectivity index (χ3v) is 5.02. The van der Waals surface area contributed by atoms with Gasteiger partial charge in [0, 0.05) is 0 Å². The van der Waals surface area contributed by atoms with Crippen molar-refractivity contribution in [1.82, 2.24) is 0 Å². The molecule has 1 aromatic heterocycles. The highest BCUT2D eigenvalue weighted by atomic mass is 32.2. The Bertz CT molecular complexity index is 516. The lowest BCUT2D eigenvalue weighted by Crippen LogP contribution is -2.23. The number of carbonyl (C=O) groups excluding carboxylic acids is 1. The highest BCUT2D eigenvalue weighted by Crippen LogP contribution is 2.29. The maximum Gasteiger partial charge on any atom is 0.350 e. The van der Waals surface area contributed by atoms with Crippen molar-refractivity contribution in [3.63, 3.8) is 0 Å². The van der Waals surface area contributed by atoms with Crippen molar-refractivity contribution in [2.45, 2.75) is 26.0 Å². The molecule has 0 fully saturated rings. The third kappa shape index (κ3) is 2.98. The average molecular weight is 277 g/mol. The van der Waals surface area contributed by atoms with Gasteiger partial charge in [0.1, 0.15) is 4.88 Å². The van der Waals surface area contributed by atoms with Crippen LogP contribution in [0.3, 0.4) is 0 Å². The normalized spacial score (nSPS) is 11.6. The molecule has 1 heterocycles. The van der Waals surface area contributed by atoms with Gasteiger partial charge in [-0.15, -0.1) is 11.3 Å². The van der Waals surface area contributed by atoms with Crippen molar-refractivity contribution in [2.24, 2.45) is 0 Å². The minimum atomic E-state index is -3.46. The Morgan fingerprint density at radius 2 is 2.06 bits per heavy atom. The van der Waals surface area contributed by atoms with E-state index in [9.17, 15) is 13.2 Å². The minimum absolute atomic E-state index is 0.272. The van der Waals surface area contributed by atoms with Crippen LogP contribution in [0.15, 0.2) is 5.38 Å². The van der Waals surface area contributed by atoms with Gasteiger partial charge in [0.25, 0.3) is 0 Å². The van der Waals surface area contributed by atoms with E-state index in [4.69, 9.17) is 0 Å². The van der Waals surface area contributed by atoms with Crippen molar-refractivity contribution in [2.75, 3.05) is 11.8 Å². The molecule has 1 N–H and O–H groups in total. The van der Waals surface area contributed by atoms with Crippen LogP contribution < -0.4 is 4.72 Å². The number of hydrogen-bond donors (Lipinski definition) is 1. The molecular weight excluding hydrogens is 262 g/mol. The molecule has 0 saturated carbocycles. The van der Waals surface area contributed by atoms with E-state index >= 15 is 0 Å². The van der Waals surface area contributed by atoms with Crippen LogP contribution in [0.25, 0.3) is 0 Å². The summed E-state index contributed by atoms with van der Waals surface area (Å²) in [5, 5.41) is 1.15. The Kier molecular flexibility index (Phi) is 4.16. The number of ether oxygens (including phenoxy) is 1. The molecule has 0 aromatic carbocycles. The van der Waals surface area contributed by atoms with Gasteiger partial charge >= 0.3 is 5.97 Å². The molecular formula is C10H15NO4S2. The first kappa shape index (κ1) is 14.0. The maximum absolute atomic E-state index is 11.8. The zero-order chi connectivity index (χ0) is 13.2. The summed E-state index contributed by atoms with van der Waals surface area (Å²) in [6.45, 7) is 4.88. The van der Waals surface area contributed by atoms with Crippen LogP contribution >= 0.6 is 11.3 Å². The molecule has 0 spiro atoms. The van der Waals surface area contributed by atoms with Crippen molar-refractivity contribution >= 4 is 33.0 Å². The standard InChI is InChI=1S/C10H15NO4S2/c1-6(2)17(13,14)11-8-7(3)5-16-9(8)10(12)15-4/h5-6,11H,1-4H3. The predicted molar refractivity (Wildman–Crippen MR) is 68.1 cm³/mol. The predicted octanol–water partition coefficient (Wildman–Crippen LogP) is 1.99. The second-order valence-corrected chi connectivity index (χ2v) is 6.93. The summed E-state index contributed by atoms with van der Waals surface area (Å²) in [5.74, 6) is -0.537. The smallest absolute Gasteiger partial charge is 0.350 e. The number of esters is 1. The van der Waals surface area contributed by atoms with Crippen molar-refractivity contribution < 1.29 is 17.9 Å². The lowest BCUT2D eigenvalue weighted by Gasteiger charge is -2.11. The summed E-state index contributed by atoms with van der Waals surface area (Å²) < 4.78 is 30.5. The number of methoxy groups -OCH3 is 1. The van der Waals surface area contributed by atoms with E-state index in [-0.39, 0.29) is 4.88 Å². The summed E-state index contributed by atoms with van der Waals surface area (Å²) >= 11 is 1.16. The molecule has 0 atom stereocenters. The Balaban J connectivity index is 3.15. The second-order valence-electron chi connectivity index (χ2n) is 3.81. The molecule has 96 valence electrons. The average Bonchev–Trinajstić information content (AvgIpc) is 2.59. The van der Waals surface area contributed by atoms with Gasteiger partial charge in [-0.05, 0) is 31.7 Å². The Hall–Kier alpha value is -1.08. The van der Waals surface area contributed by atoms with E-state index in [1.165, 1.54) is 7.11 Å². The number of anilines is 1. The van der Waals surface area contributed by atoms with E-state index in [2.05, 4.69) is 9.46 Å². The summed E-state index contributed by atoms with van der Waals surface area (Å²) in [4.78, 5) is 11.7. The van der Waals surface area contributed by atoms with Crippen LogP contribution in [0.4, 0.5) is 5.69 Å². The van der Waals surface area contributed by atoms with Gasteiger partial charge in [0.15, 0.2) is 0 Å². The van der Waals surface area contributed by atoms with Crippen molar-refractivity contribution in [3.8, 4) is 0 Å². The molecule has 17 heavy (non-hydrogen) atoms. The number of sulfonamides is 1. The second kappa shape index (κ2) is 5.05. The van der Waals surface area contributed by atoms with Gasteiger partial charge in [-0.25, -0.2) is 13.2 Å². The number of carbonyl (C=O) groups is 1. The zero-order valence-electron chi connectivity index (χ0n) is 10.1. The van der Waals surface area contributed by atoms with Crippen LogP contribution in [0.5, 0.6) is 0 Å². The fraction of sp³-hybridized carbons (Fsp3) is 0.500. The molecule has 7 heteroatoms. The Labute approximate surface area is 105 Å². The molecule has 1 rings (SSSR count). The lowest BCUT2D eigenvalue weighted by molar-refractivity contribution is 0.0607. The van der Waals surface area contributed by atoms with Gasteiger partial charge in [0.2, 0.25) is 10.0 Å². The van der Waals surface area contributed by atoms with Crippen LogP contribution in [0.1, 0.15) is 29.1 Å². The zero-order valence-corrected chi connectivity index (χ0v) is 11.7. The third-order valence-electron chi connectivity index (χ3n) is 2.21. The number of thiophene rings is 1. The Morgan fingerprint density at radius 1 is 1.47 bits per heavy atom. The largest absolute Gasteiger partial charge is 0.465 e. The first-order valence-electron chi connectivity index (χ1n) is 4.97. The van der Waals surface area contributed by atoms with E-state index < -0.39 is 21.2 Å². The molecule has 1 aromatic rings. The first-order valence-corrected chi connectivity index (χ1v) is 7.40. The first-order chi connectivity index (χ1) is 7.79. The molecule has 0 radical (unpaired) electrons. The van der Waals surface area contributed by atoms with Crippen molar-refractivity contribution in [3.05, 3.63) is 15.8 Å². The highest BCUT2D eigenvalue weighted by Gasteiger charge is 2.23. The van der Waals surface area contributed by atoms with E-state index in [0.717, 1.165) is 11.3 Å². The summed E-state index contributed by atoms with van der Waals surface area (Å²) in [6, 6.07) is 0. The number of rotatable bonds is 4. The van der Waals surface area contributed by atoms with Crippen LogP contribution in [0.2, 0.25) is 0 Å². The lowest BCUT2D eigenvalue weighted by atomic mass is 10.3. The quantitative estimate of drug-likeness (QED) is 0.854. The van der Waals surface area contributed by atoms with Gasteiger partial charge < -0.3 is 4.74 Å². The highest BCUT2D eigenvalue weighted by molar-refractivity contribution is 7.93. The molecule has 0 aliphatic rings. The topological polar surface area (TPSA) is 72.5 Å². The molecule has 0 unspecified atom stereocenters. The molecule has 0 amide bonds. The van der Waals surface area contributed by atoms with Crippen LogP contribution in [-0.2, 0) is 14.8 Å². The molecule has 0 aliphatic carbocycles. The number of nitrogens with one attached hydrogen (secondary N) is 1. The van der Waals surface area contributed by atoms with Gasteiger partial charge in [-0.1, -0.05) is 0 Å². The van der Waals surface area contributed by atoms with Gasteiger partial charge in [0.05, 0.1) is 18.0 Å².